The van der Waals surface area contributed by atoms with Crippen molar-refractivity contribution in [2.24, 2.45) is 5.92 Å². The Bertz CT molecular complexity index is 406. The molecule has 2 atom stereocenters. The zero-order chi connectivity index (χ0) is 11.7. The van der Waals surface area contributed by atoms with Crippen LogP contribution in [0.15, 0.2) is 18.2 Å². The highest BCUT2D eigenvalue weighted by Crippen LogP contribution is 2.33. The molecule has 1 nitrogen and oxygen atoms in total. The van der Waals surface area contributed by atoms with E-state index in [0.29, 0.717) is 5.78 Å². The van der Waals surface area contributed by atoms with Crippen LogP contribution in [0.1, 0.15) is 48.8 Å². The van der Waals surface area contributed by atoms with Gasteiger partial charge in [-0.1, -0.05) is 31.5 Å². The van der Waals surface area contributed by atoms with Crippen molar-refractivity contribution in [2.45, 2.75) is 46.0 Å². The number of aryl methyl sites for hydroxylation is 2. The standard InChI is InChI=1S/C15H20O/c1-10-7-8-13(9-12(10)3)14-6-4-5-11(2)15(14)16/h7-9,11,14H,4-6H2,1-3H3. The molecule has 0 aromatic heterocycles. The molecule has 2 rings (SSSR count). The molecule has 0 spiro atoms. The summed E-state index contributed by atoms with van der Waals surface area (Å²) in [5.41, 5.74) is 3.82. The first-order valence-electron chi connectivity index (χ1n) is 6.20. The van der Waals surface area contributed by atoms with Crippen LogP contribution in [0.5, 0.6) is 0 Å². The first-order chi connectivity index (χ1) is 7.59. The molecule has 1 aromatic carbocycles. The van der Waals surface area contributed by atoms with Gasteiger partial charge in [0.05, 0.1) is 0 Å². The van der Waals surface area contributed by atoms with E-state index >= 15 is 0 Å². The van der Waals surface area contributed by atoms with Gasteiger partial charge in [0.25, 0.3) is 0 Å². The number of rotatable bonds is 1. The van der Waals surface area contributed by atoms with E-state index in [-0.39, 0.29) is 11.8 Å². The van der Waals surface area contributed by atoms with E-state index < -0.39 is 0 Å². The Labute approximate surface area is 97.9 Å². The topological polar surface area (TPSA) is 17.1 Å². The highest BCUT2D eigenvalue weighted by Gasteiger charge is 2.29. The van der Waals surface area contributed by atoms with Gasteiger partial charge in [0.15, 0.2) is 0 Å². The van der Waals surface area contributed by atoms with Gasteiger partial charge in [-0.15, -0.1) is 0 Å². The van der Waals surface area contributed by atoms with Gasteiger partial charge in [-0.3, -0.25) is 4.79 Å². The molecule has 0 N–H and O–H groups in total. The molecule has 0 bridgehead atoms. The van der Waals surface area contributed by atoms with Crippen molar-refractivity contribution in [3.8, 4) is 0 Å². The Morgan fingerprint density at radius 1 is 1.12 bits per heavy atom. The van der Waals surface area contributed by atoms with Gasteiger partial charge in [0, 0.05) is 11.8 Å². The zero-order valence-electron chi connectivity index (χ0n) is 10.4. The molecule has 16 heavy (non-hydrogen) atoms. The lowest BCUT2D eigenvalue weighted by atomic mass is 9.77. The molecule has 0 amide bonds. The highest BCUT2D eigenvalue weighted by molar-refractivity contribution is 5.88. The quantitative estimate of drug-likeness (QED) is 0.698. The summed E-state index contributed by atoms with van der Waals surface area (Å²) in [5, 5.41) is 0. The van der Waals surface area contributed by atoms with Crippen LogP contribution in [-0.4, -0.2) is 5.78 Å². The summed E-state index contributed by atoms with van der Waals surface area (Å²) in [6.45, 7) is 6.30. The smallest absolute Gasteiger partial charge is 0.143 e. The predicted molar refractivity (Wildman–Crippen MR) is 66.7 cm³/mol. The van der Waals surface area contributed by atoms with Crippen LogP contribution in [0.4, 0.5) is 0 Å². The van der Waals surface area contributed by atoms with Gasteiger partial charge in [0.2, 0.25) is 0 Å². The molecule has 86 valence electrons. The van der Waals surface area contributed by atoms with E-state index in [1.54, 1.807) is 0 Å². The molecular weight excluding hydrogens is 196 g/mol. The van der Waals surface area contributed by atoms with E-state index in [1.165, 1.54) is 23.1 Å². The maximum atomic E-state index is 12.1. The predicted octanol–water partition coefficient (Wildman–Crippen LogP) is 3.78. The first kappa shape index (κ1) is 11.4. The summed E-state index contributed by atoms with van der Waals surface area (Å²) in [4.78, 5) is 12.1. The molecule has 1 aliphatic carbocycles. The number of hydrogen-bond acceptors (Lipinski definition) is 1. The zero-order valence-corrected chi connectivity index (χ0v) is 10.4. The van der Waals surface area contributed by atoms with E-state index in [2.05, 4.69) is 39.0 Å². The van der Waals surface area contributed by atoms with Crippen molar-refractivity contribution in [3.63, 3.8) is 0 Å². The second-order valence-corrected chi connectivity index (χ2v) is 5.13. The number of carbonyl (C=O) groups excluding carboxylic acids is 1. The van der Waals surface area contributed by atoms with Crippen molar-refractivity contribution >= 4 is 5.78 Å². The molecule has 0 saturated heterocycles. The summed E-state index contributed by atoms with van der Waals surface area (Å²) < 4.78 is 0. The maximum Gasteiger partial charge on any atom is 0.143 e. The number of hydrogen-bond donors (Lipinski definition) is 0. The lowest BCUT2D eigenvalue weighted by Crippen LogP contribution is -2.24. The van der Waals surface area contributed by atoms with Gasteiger partial charge in [-0.25, -0.2) is 0 Å². The fourth-order valence-corrected chi connectivity index (χ4v) is 2.57. The van der Waals surface area contributed by atoms with Crippen molar-refractivity contribution in [3.05, 3.63) is 34.9 Å². The average molecular weight is 216 g/mol. The Hall–Kier alpha value is -1.11. The molecule has 1 saturated carbocycles. The summed E-state index contributed by atoms with van der Waals surface area (Å²) in [5.74, 6) is 0.845. The van der Waals surface area contributed by atoms with Gasteiger partial charge >= 0.3 is 0 Å². The summed E-state index contributed by atoms with van der Waals surface area (Å²) >= 11 is 0. The molecule has 0 radical (unpaired) electrons. The lowest BCUT2D eigenvalue weighted by Gasteiger charge is -2.26. The lowest BCUT2D eigenvalue weighted by molar-refractivity contribution is -0.125. The maximum absolute atomic E-state index is 12.1. The molecule has 2 unspecified atom stereocenters. The molecule has 1 aliphatic rings. The van der Waals surface area contributed by atoms with E-state index in [1.807, 2.05) is 0 Å². The highest BCUT2D eigenvalue weighted by atomic mass is 16.1. The van der Waals surface area contributed by atoms with E-state index in [9.17, 15) is 4.79 Å². The van der Waals surface area contributed by atoms with Crippen molar-refractivity contribution < 1.29 is 4.79 Å². The van der Waals surface area contributed by atoms with Crippen LogP contribution in [0.25, 0.3) is 0 Å². The van der Waals surface area contributed by atoms with Gasteiger partial charge in [-0.2, -0.15) is 0 Å². The fraction of sp³-hybridized carbons (Fsp3) is 0.533. The Morgan fingerprint density at radius 2 is 1.88 bits per heavy atom. The third kappa shape index (κ3) is 2.04. The minimum absolute atomic E-state index is 0.156. The molecule has 1 aromatic rings. The third-order valence-corrected chi connectivity index (χ3v) is 3.89. The fourth-order valence-electron chi connectivity index (χ4n) is 2.57. The van der Waals surface area contributed by atoms with Crippen LogP contribution in [0.2, 0.25) is 0 Å². The van der Waals surface area contributed by atoms with Crippen LogP contribution in [0.3, 0.4) is 0 Å². The van der Waals surface area contributed by atoms with Crippen LogP contribution >= 0.6 is 0 Å². The van der Waals surface area contributed by atoms with Crippen molar-refractivity contribution in [1.82, 2.24) is 0 Å². The molecule has 1 heteroatoms. The number of ketones is 1. The van der Waals surface area contributed by atoms with Gasteiger partial charge in [0.1, 0.15) is 5.78 Å². The van der Waals surface area contributed by atoms with Gasteiger partial charge < -0.3 is 0 Å². The summed E-state index contributed by atoms with van der Waals surface area (Å²) in [6, 6.07) is 6.45. The second kappa shape index (κ2) is 4.40. The second-order valence-electron chi connectivity index (χ2n) is 5.13. The largest absolute Gasteiger partial charge is 0.299 e. The minimum atomic E-state index is 0.156. The Morgan fingerprint density at radius 3 is 2.56 bits per heavy atom. The Kier molecular flexibility index (Phi) is 3.13. The normalized spacial score (nSPS) is 25.8. The number of carbonyl (C=O) groups is 1. The van der Waals surface area contributed by atoms with E-state index in [4.69, 9.17) is 0 Å². The van der Waals surface area contributed by atoms with Gasteiger partial charge in [-0.05, 0) is 43.4 Å². The summed E-state index contributed by atoms with van der Waals surface area (Å²) in [7, 11) is 0. The first-order valence-corrected chi connectivity index (χ1v) is 6.20. The van der Waals surface area contributed by atoms with Crippen molar-refractivity contribution in [2.75, 3.05) is 0 Å². The van der Waals surface area contributed by atoms with Crippen LogP contribution in [0, 0.1) is 19.8 Å². The molecular formula is C15H20O. The van der Waals surface area contributed by atoms with Crippen LogP contribution < -0.4 is 0 Å². The Balaban J connectivity index is 2.29. The van der Waals surface area contributed by atoms with Crippen molar-refractivity contribution in [1.29, 1.82) is 0 Å². The molecule has 0 aliphatic heterocycles. The average Bonchev–Trinajstić information content (AvgIpc) is 2.26. The van der Waals surface area contributed by atoms with E-state index in [0.717, 1.165) is 12.8 Å². The number of benzene rings is 1. The monoisotopic (exact) mass is 216 g/mol. The molecule has 0 heterocycles. The molecule has 1 fully saturated rings. The number of Topliss-reactive ketones (excluding diaryl/α,β-unsaturated/α-hetero) is 1. The summed E-state index contributed by atoms with van der Waals surface area (Å²) in [6.07, 6.45) is 3.29. The minimum Gasteiger partial charge on any atom is -0.299 e. The van der Waals surface area contributed by atoms with Crippen LogP contribution in [-0.2, 0) is 4.79 Å². The SMILES string of the molecule is Cc1ccc(C2CCCC(C)C2=O)cc1C. The third-order valence-electron chi connectivity index (χ3n) is 3.89.